The minimum Gasteiger partial charge on any atom is -0.495 e. The molecule has 4 rings (SSSR count). The second kappa shape index (κ2) is 10.3. The van der Waals surface area contributed by atoms with E-state index in [1.165, 1.54) is 18.4 Å². The summed E-state index contributed by atoms with van der Waals surface area (Å²) >= 11 is 0. The Morgan fingerprint density at radius 2 is 1.94 bits per heavy atom. The van der Waals surface area contributed by atoms with Crippen LogP contribution in [0.15, 0.2) is 59.3 Å². The summed E-state index contributed by atoms with van der Waals surface area (Å²) in [5.41, 5.74) is 2.63. The molecule has 0 atom stereocenters. The van der Waals surface area contributed by atoms with Crippen molar-refractivity contribution in [3.63, 3.8) is 0 Å². The van der Waals surface area contributed by atoms with Crippen LogP contribution in [0.4, 0.5) is 10.1 Å². The lowest BCUT2D eigenvalue weighted by atomic mass is 10.1. The zero-order valence-electron chi connectivity index (χ0n) is 18.1. The van der Waals surface area contributed by atoms with Crippen LogP contribution in [0.5, 0.6) is 5.75 Å². The van der Waals surface area contributed by atoms with Crippen LogP contribution < -0.4 is 15.0 Å². The second-order valence-corrected chi connectivity index (χ2v) is 7.70. The number of nitrogens with zero attached hydrogens (tertiary/aromatic N) is 3. The van der Waals surface area contributed by atoms with Gasteiger partial charge in [0.05, 0.1) is 12.8 Å². The van der Waals surface area contributed by atoms with E-state index >= 15 is 0 Å². The molecule has 0 saturated carbocycles. The largest absolute Gasteiger partial charge is 0.495 e. The maximum absolute atomic E-state index is 13.7. The number of amides is 1. The molecule has 0 radical (unpaired) electrons. The van der Waals surface area contributed by atoms with Crippen LogP contribution in [0.3, 0.4) is 0 Å². The summed E-state index contributed by atoms with van der Waals surface area (Å²) in [6.45, 7) is 4.79. The highest BCUT2D eigenvalue weighted by Gasteiger charge is 2.21. The Morgan fingerprint density at radius 1 is 1.16 bits per heavy atom. The maximum atomic E-state index is 13.7. The smallest absolute Gasteiger partial charge is 0.256 e. The number of benzene rings is 2. The number of rotatable bonds is 8. The molecular weight excluding hydrogens is 411 g/mol. The zero-order valence-corrected chi connectivity index (χ0v) is 18.1. The van der Waals surface area contributed by atoms with Crippen LogP contribution in [-0.2, 0) is 0 Å². The average molecular weight is 439 g/mol. The summed E-state index contributed by atoms with van der Waals surface area (Å²) in [6, 6.07) is 14.1. The third kappa shape index (κ3) is 5.08. The predicted octanol–water partition coefficient (Wildman–Crippen LogP) is 3.43. The maximum Gasteiger partial charge on any atom is 0.256 e. The highest BCUT2D eigenvalue weighted by molar-refractivity contribution is 5.99. The van der Waals surface area contributed by atoms with Crippen molar-refractivity contribution in [3.8, 4) is 17.0 Å². The number of ether oxygens (including phenoxy) is 1. The number of methoxy groups -OCH3 is 1. The molecule has 8 heteroatoms. The zero-order chi connectivity index (χ0) is 22.3. The molecule has 2 aromatic carbocycles. The Hall–Kier alpha value is -3.39. The lowest BCUT2D eigenvalue weighted by Gasteiger charge is -2.36. The molecule has 2 heterocycles. The first-order valence-electron chi connectivity index (χ1n) is 10.7. The number of halogens is 1. The summed E-state index contributed by atoms with van der Waals surface area (Å²) in [4.78, 5) is 17.1. The molecule has 1 saturated heterocycles. The molecule has 1 aromatic heterocycles. The highest BCUT2D eigenvalue weighted by atomic mass is 19.1. The summed E-state index contributed by atoms with van der Waals surface area (Å²) in [5.74, 6) is 0.238. The Bertz CT molecular complexity index is 1030. The van der Waals surface area contributed by atoms with Crippen LogP contribution in [-0.4, -0.2) is 62.3 Å². The Labute approximate surface area is 186 Å². The van der Waals surface area contributed by atoms with E-state index in [0.29, 0.717) is 23.6 Å². The number of piperazine rings is 1. The average Bonchev–Trinajstić information content (AvgIpc) is 3.33. The summed E-state index contributed by atoms with van der Waals surface area (Å²) in [6.07, 6.45) is 2.22. The fourth-order valence-corrected chi connectivity index (χ4v) is 3.92. The van der Waals surface area contributed by atoms with Crippen molar-refractivity contribution in [1.29, 1.82) is 0 Å². The summed E-state index contributed by atoms with van der Waals surface area (Å²) < 4.78 is 24.1. The molecule has 0 bridgehead atoms. The Kier molecular flexibility index (Phi) is 7.01. The molecule has 0 spiro atoms. The van der Waals surface area contributed by atoms with Gasteiger partial charge in [0, 0.05) is 44.4 Å². The SMILES string of the molecule is COc1ccc(F)cc1N1CCN(CCCNC(=O)c2conc2-c2ccccc2)CC1. The van der Waals surface area contributed by atoms with Crippen molar-refractivity contribution >= 4 is 11.6 Å². The number of hydrogen-bond acceptors (Lipinski definition) is 6. The lowest BCUT2D eigenvalue weighted by Crippen LogP contribution is -2.47. The van der Waals surface area contributed by atoms with Gasteiger partial charge in [-0.1, -0.05) is 35.5 Å². The van der Waals surface area contributed by atoms with Gasteiger partial charge in [-0.25, -0.2) is 4.39 Å². The van der Waals surface area contributed by atoms with Crippen molar-refractivity contribution in [1.82, 2.24) is 15.4 Å². The number of nitrogens with one attached hydrogen (secondary N) is 1. The third-order valence-corrected chi connectivity index (χ3v) is 5.65. The number of hydrogen-bond donors (Lipinski definition) is 1. The number of aromatic nitrogens is 1. The molecule has 168 valence electrons. The van der Waals surface area contributed by atoms with Crippen LogP contribution in [0, 0.1) is 5.82 Å². The van der Waals surface area contributed by atoms with E-state index in [4.69, 9.17) is 9.26 Å². The van der Waals surface area contributed by atoms with Gasteiger partial charge in [0.25, 0.3) is 5.91 Å². The fraction of sp³-hybridized carbons (Fsp3) is 0.333. The molecule has 1 N–H and O–H groups in total. The minimum atomic E-state index is -0.262. The summed E-state index contributed by atoms with van der Waals surface area (Å²) in [7, 11) is 1.60. The van der Waals surface area contributed by atoms with E-state index in [2.05, 4.69) is 20.3 Å². The van der Waals surface area contributed by atoms with Gasteiger partial charge in [0.2, 0.25) is 0 Å². The standard InChI is InChI=1S/C24H27FN4O3/c1-31-22-9-8-19(25)16-21(22)29-14-12-28(13-15-29)11-5-10-26-24(30)20-17-32-27-23(20)18-6-3-2-4-7-18/h2-4,6-9,16-17H,5,10-15H2,1H3,(H,26,30). The Balaban J connectivity index is 1.22. The van der Waals surface area contributed by atoms with E-state index in [9.17, 15) is 9.18 Å². The fourth-order valence-electron chi connectivity index (χ4n) is 3.92. The first kappa shape index (κ1) is 21.8. The van der Waals surface area contributed by atoms with Gasteiger partial charge in [-0.15, -0.1) is 0 Å². The van der Waals surface area contributed by atoms with Crippen LogP contribution in [0.1, 0.15) is 16.8 Å². The third-order valence-electron chi connectivity index (χ3n) is 5.65. The topological polar surface area (TPSA) is 70.8 Å². The van der Waals surface area contributed by atoms with Crippen molar-refractivity contribution < 1.29 is 18.4 Å². The van der Waals surface area contributed by atoms with E-state index in [1.807, 2.05) is 30.3 Å². The normalized spacial score (nSPS) is 14.4. The molecular formula is C24H27FN4O3. The molecule has 7 nitrogen and oxygen atoms in total. The molecule has 1 amide bonds. The molecule has 3 aromatic rings. The minimum absolute atomic E-state index is 0.187. The monoisotopic (exact) mass is 438 g/mol. The molecule has 1 fully saturated rings. The number of carbonyl (C=O) groups is 1. The molecule has 1 aliphatic heterocycles. The number of carbonyl (C=O) groups excluding carboxylic acids is 1. The molecule has 1 aliphatic rings. The van der Waals surface area contributed by atoms with Gasteiger partial charge >= 0.3 is 0 Å². The van der Waals surface area contributed by atoms with Crippen LogP contribution >= 0.6 is 0 Å². The summed E-state index contributed by atoms with van der Waals surface area (Å²) in [5, 5.41) is 6.93. The van der Waals surface area contributed by atoms with E-state index < -0.39 is 0 Å². The first-order chi connectivity index (χ1) is 15.7. The predicted molar refractivity (Wildman–Crippen MR) is 120 cm³/mol. The van der Waals surface area contributed by atoms with Crippen molar-refractivity contribution in [2.24, 2.45) is 0 Å². The van der Waals surface area contributed by atoms with Gasteiger partial charge in [0.15, 0.2) is 0 Å². The second-order valence-electron chi connectivity index (χ2n) is 7.70. The van der Waals surface area contributed by atoms with Gasteiger partial charge in [-0.05, 0) is 25.1 Å². The van der Waals surface area contributed by atoms with Crippen molar-refractivity contribution in [2.75, 3.05) is 51.3 Å². The van der Waals surface area contributed by atoms with E-state index in [1.54, 1.807) is 13.2 Å². The quantitative estimate of drug-likeness (QED) is 0.544. The van der Waals surface area contributed by atoms with E-state index in [-0.39, 0.29) is 11.7 Å². The van der Waals surface area contributed by atoms with Crippen molar-refractivity contribution in [2.45, 2.75) is 6.42 Å². The highest BCUT2D eigenvalue weighted by Crippen LogP contribution is 2.29. The number of anilines is 1. The lowest BCUT2D eigenvalue weighted by molar-refractivity contribution is 0.0951. The van der Waals surface area contributed by atoms with Gasteiger partial charge in [-0.2, -0.15) is 0 Å². The van der Waals surface area contributed by atoms with Gasteiger partial charge < -0.3 is 19.5 Å². The molecule has 0 aliphatic carbocycles. The molecule has 0 unspecified atom stereocenters. The Morgan fingerprint density at radius 3 is 2.69 bits per heavy atom. The van der Waals surface area contributed by atoms with E-state index in [0.717, 1.165) is 50.4 Å². The molecule has 32 heavy (non-hydrogen) atoms. The van der Waals surface area contributed by atoms with Gasteiger partial charge in [-0.3, -0.25) is 9.69 Å². The van der Waals surface area contributed by atoms with Crippen LogP contribution in [0.2, 0.25) is 0 Å². The van der Waals surface area contributed by atoms with Crippen LogP contribution in [0.25, 0.3) is 11.3 Å². The van der Waals surface area contributed by atoms with Gasteiger partial charge in [0.1, 0.15) is 29.1 Å². The van der Waals surface area contributed by atoms with Crippen molar-refractivity contribution in [3.05, 3.63) is 66.2 Å². The first-order valence-corrected chi connectivity index (χ1v) is 10.7.